The van der Waals surface area contributed by atoms with E-state index < -0.39 is 0 Å². The Balaban J connectivity index is 1.41. The molecule has 3 nitrogen and oxygen atoms in total. The number of benzene rings is 3. The molecule has 0 fully saturated rings. The average molecular weight is 388 g/mol. The van der Waals surface area contributed by atoms with E-state index in [1.165, 1.54) is 33.0 Å². The molecule has 1 heterocycles. The minimum atomic E-state index is 0.775. The van der Waals surface area contributed by atoms with Crippen LogP contribution in [0, 0.1) is 6.92 Å². The molecule has 0 spiro atoms. The Morgan fingerprint density at radius 2 is 1.69 bits per heavy atom. The Kier molecular flexibility index (Phi) is 5.86. The lowest BCUT2D eigenvalue weighted by Crippen LogP contribution is -2.30. The van der Waals surface area contributed by atoms with Gasteiger partial charge in [0, 0.05) is 19.6 Å². The molecule has 0 saturated carbocycles. The molecule has 0 unspecified atom stereocenters. The van der Waals surface area contributed by atoms with Gasteiger partial charge in [-0.15, -0.1) is 0 Å². The first-order chi connectivity index (χ1) is 14.2. The van der Waals surface area contributed by atoms with Gasteiger partial charge in [-0.2, -0.15) is 0 Å². The summed E-state index contributed by atoms with van der Waals surface area (Å²) in [5.74, 6) is 1.55. The Hall–Kier alpha value is -2.78. The van der Waals surface area contributed by atoms with Crippen molar-refractivity contribution in [1.82, 2.24) is 4.90 Å². The van der Waals surface area contributed by atoms with Crippen LogP contribution in [0.4, 0.5) is 0 Å². The zero-order valence-electron chi connectivity index (χ0n) is 17.6. The predicted octanol–water partition coefficient (Wildman–Crippen LogP) is 5.50. The van der Waals surface area contributed by atoms with E-state index in [-0.39, 0.29) is 0 Å². The van der Waals surface area contributed by atoms with Gasteiger partial charge in [-0.1, -0.05) is 54.1 Å². The molecule has 0 aliphatic carbocycles. The van der Waals surface area contributed by atoms with Gasteiger partial charge >= 0.3 is 0 Å². The van der Waals surface area contributed by atoms with Crippen LogP contribution in [0.1, 0.15) is 23.1 Å². The summed E-state index contributed by atoms with van der Waals surface area (Å²) in [5.41, 5.74) is 5.55. The third kappa shape index (κ3) is 4.46. The van der Waals surface area contributed by atoms with Crippen molar-refractivity contribution < 1.29 is 9.47 Å². The molecule has 3 aromatic carbocycles. The molecule has 29 heavy (non-hydrogen) atoms. The third-order valence-electron chi connectivity index (χ3n) is 5.81. The molecule has 0 amide bonds. The monoisotopic (exact) mass is 387 g/mol. The summed E-state index contributed by atoms with van der Waals surface area (Å²) >= 11 is 0. The van der Waals surface area contributed by atoms with Crippen LogP contribution in [0.25, 0.3) is 16.3 Å². The fourth-order valence-corrected chi connectivity index (χ4v) is 4.09. The van der Waals surface area contributed by atoms with E-state index in [1.54, 1.807) is 14.2 Å². The molecule has 0 atom stereocenters. The highest BCUT2D eigenvalue weighted by Crippen LogP contribution is 2.32. The van der Waals surface area contributed by atoms with Crippen LogP contribution in [0.2, 0.25) is 0 Å². The van der Waals surface area contributed by atoms with Crippen molar-refractivity contribution in [2.75, 3.05) is 33.9 Å². The summed E-state index contributed by atoms with van der Waals surface area (Å²) in [7, 11) is 3.36. The van der Waals surface area contributed by atoms with Crippen molar-refractivity contribution in [3.63, 3.8) is 0 Å². The van der Waals surface area contributed by atoms with E-state index in [4.69, 9.17) is 9.47 Å². The van der Waals surface area contributed by atoms with Crippen molar-refractivity contribution >= 4 is 16.3 Å². The molecule has 1 aliphatic heterocycles. The van der Waals surface area contributed by atoms with E-state index in [9.17, 15) is 0 Å². The minimum Gasteiger partial charge on any atom is -0.493 e. The zero-order valence-corrected chi connectivity index (χ0v) is 17.6. The number of nitrogens with zero attached hydrogens (tertiary/aromatic N) is 1. The molecule has 150 valence electrons. The van der Waals surface area contributed by atoms with E-state index >= 15 is 0 Å². The summed E-state index contributed by atoms with van der Waals surface area (Å²) < 4.78 is 10.9. The van der Waals surface area contributed by atoms with Gasteiger partial charge in [0.25, 0.3) is 0 Å². The van der Waals surface area contributed by atoms with Crippen LogP contribution in [0.3, 0.4) is 0 Å². The Labute approximate surface area is 173 Å². The van der Waals surface area contributed by atoms with Crippen LogP contribution in [0.15, 0.2) is 60.7 Å². The van der Waals surface area contributed by atoms with Crippen molar-refractivity contribution in [1.29, 1.82) is 0 Å². The second-order valence-electron chi connectivity index (χ2n) is 7.79. The van der Waals surface area contributed by atoms with Crippen molar-refractivity contribution in [3.05, 3.63) is 77.4 Å². The maximum Gasteiger partial charge on any atom is 0.161 e. The maximum absolute atomic E-state index is 5.45. The first-order valence-electron chi connectivity index (χ1n) is 10.3. The Morgan fingerprint density at radius 1 is 0.897 bits per heavy atom. The van der Waals surface area contributed by atoms with Gasteiger partial charge in [0.1, 0.15) is 0 Å². The van der Waals surface area contributed by atoms with E-state index in [0.717, 1.165) is 44.0 Å². The highest BCUT2D eigenvalue weighted by atomic mass is 16.5. The highest BCUT2D eigenvalue weighted by molar-refractivity contribution is 5.86. The molecule has 3 heteroatoms. The number of hydrogen-bond donors (Lipinski definition) is 0. The first kappa shape index (κ1) is 19.5. The smallest absolute Gasteiger partial charge is 0.161 e. The molecule has 1 aliphatic rings. The quantitative estimate of drug-likeness (QED) is 0.558. The largest absolute Gasteiger partial charge is 0.493 e. The van der Waals surface area contributed by atoms with Crippen molar-refractivity contribution in [3.8, 4) is 11.5 Å². The minimum absolute atomic E-state index is 0.775. The van der Waals surface area contributed by atoms with Crippen LogP contribution in [-0.4, -0.2) is 38.8 Å². The number of methoxy groups -OCH3 is 2. The normalized spacial score (nSPS) is 14.7. The fraction of sp³-hybridized carbons (Fsp3) is 0.308. The summed E-state index contributed by atoms with van der Waals surface area (Å²) in [6.45, 7) is 5.39. The number of fused-ring (bicyclic) bond motifs is 1. The second kappa shape index (κ2) is 8.71. The van der Waals surface area contributed by atoms with Gasteiger partial charge in [-0.25, -0.2) is 0 Å². The van der Waals surface area contributed by atoms with Gasteiger partial charge in [-0.05, 0) is 59.4 Å². The first-order valence-corrected chi connectivity index (χ1v) is 10.3. The highest BCUT2D eigenvalue weighted by Gasteiger charge is 2.13. The van der Waals surface area contributed by atoms with E-state index in [0.29, 0.717) is 0 Å². The van der Waals surface area contributed by atoms with Crippen molar-refractivity contribution in [2.24, 2.45) is 0 Å². The lowest BCUT2D eigenvalue weighted by Gasteiger charge is -2.26. The summed E-state index contributed by atoms with van der Waals surface area (Å²) in [4.78, 5) is 2.54. The zero-order chi connectivity index (χ0) is 20.2. The van der Waals surface area contributed by atoms with Gasteiger partial charge in [0.05, 0.1) is 14.2 Å². The molecular weight excluding hydrogens is 358 g/mol. The lowest BCUT2D eigenvalue weighted by atomic mass is 9.98. The number of aryl methyl sites for hydroxylation is 1. The lowest BCUT2D eigenvalue weighted by molar-refractivity contribution is 0.306. The fourth-order valence-electron chi connectivity index (χ4n) is 4.09. The standard InChI is InChI=1S/C26H29NO2/c1-19-5-4-6-22(15-19)21-10-13-27(14-11-21)12-9-20-7-8-23-17-25(28-2)26(29-3)18-24(23)16-20/h4-8,10,15-18H,9,11-14H2,1-3H3. The third-order valence-corrected chi connectivity index (χ3v) is 5.81. The molecule has 0 N–H and O–H groups in total. The topological polar surface area (TPSA) is 21.7 Å². The van der Waals surface area contributed by atoms with Gasteiger partial charge in [-0.3, -0.25) is 4.90 Å². The van der Waals surface area contributed by atoms with E-state index in [2.05, 4.69) is 66.4 Å². The SMILES string of the molecule is COc1cc2ccc(CCN3CC=C(c4cccc(C)c4)CC3)cc2cc1OC. The van der Waals surface area contributed by atoms with Gasteiger partial charge in [0.2, 0.25) is 0 Å². The number of ether oxygens (including phenoxy) is 2. The van der Waals surface area contributed by atoms with Crippen LogP contribution in [-0.2, 0) is 6.42 Å². The van der Waals surface area contributed by atoms with Crippen LogP contribution < -0.4 is 9.47 Å². The molecule has 0 bridgehead atoms. The molecule has 0 radical (unpaired) electrons. The van der Waals surface area contributed by atoms with Gasteiger partial charge < -0.3 is 9.47 Å². The van der Waals surface area contributed by atoms with Crippen LogP contribution in [0.5, 0.6) is 11.5 Å². The molecule has 0 saturated heterocycles. The Bertz CT molecular complexity index is 1040. The average Bonchev–Trinajstić information content (AvgIpc) is 2.77. The predicted molar refractivity (Wildman–Crippen MR) is 121 cm³/mol. The van der Waals surface area contributed by atoms with Gasteiger partial charge in [0.15, 0.2) is 11.5 Å². The molecule has 4 rings (SSSR count). The molecular formula is C26H29NO2. The summed E-state index contributed by atoms with van der Waals surface area (Å²) in [5, 5.41) is 2.37. The van der Waals surface area contributed by atoms with E-state index in [1.807, 2.05) is 6.07 Å². The maximum atomic E-state index is 5.45. The Morgan fingerprint density at radius 3 is 2.38 bits per heavy atom. The molecule has 0 aromatic heterocycles. The number of rotatable bonds is 6. The number of hydrogen-bond acceptors (Lipinski definition) is 3. The summed E-state index contributed by atoms with van der Waals surface area (Å²) in [6.07, 6.45) is 4.58. The van der Waals surface area contributed by atoms with Crippen molar-refractivity contribution in [2.45, 2.75) is 19.8 Å². The summed E-state index contributed by atoms with van der Waals surface area (Å²) in [6, 6.07) is 19.6. The second-order valence-corrected chi connectivity index (χ2v) is 7.79. The molecule has 3 aromatic rings. The van der Waals surface area contributed by atoms with Crippen LogP contribution >= 0.6 is 0 Å².